The first-order valence-corrected chi connectivity index (χ1v) is 13.4. The number of ether oxygens (including phenoxy) is 3. The molecular formula is C27H21Cl3N2O6S. The summed E-state index contributed by atoms with van der Waals surface area (Å²) in [5.74, 6) is -0.0499. The highest BCUT2D eigenvalue weighted by molar-refractivity contribution is 8.18. The van der Waals surface area contributed by atoms with Gasteiger partial charge in [-0.05, 0) is 59.8 Å². The van der Waals surface area contributed by atoms with Crippen molar-refractivity contribution in [3.05, 3.63) is 86.2 Å². The zero-order chi connectivity index (χ0) is 27.9. The van der Waals surface area contributed by atoms with Crippen molar-refractivity contribution in [1.82, 2.24) is 4.90 Å². The number of imide groups is 1. The van der Waals surface area contributed by atoms with Crippen LogP contribution in [-0.4, -0.2) is 48.8 Å². The number of carbonyl (C=O) groups excluding carboxylic acids is 3. The van der Waals surface area contributed by atoms with Crippen LogP contribution >= 0.6 is 46.6 Å². The number of hydrogen-bond acceptors (Lipinski definition) is 7. The molecule has 3 aromatic carbocycles. The van der Waals surface area contributed by atoms with Crippen LogP contribution in [0.5, 0.6) is 17.2 Å². The van der Waals surface area contributed by atoms with Crippen molar-refractivity contribution in [2.45, 2.75) is 0 Å². The zero-order valence-corrected chi connectivity index (χ0v) is 23.5. The Balaban J connectivity index is 1.40. The Labute approximate surface area is 243 Å². The van der Waals surface area contributed by atoms with Crippen LogP contribution in [0.1, 0.15) is 5.56 Å². The Hall–Kier alpha value is -3.37. The Kier molecular flexibility index (Phi) is 9.63. The number of carbonyl (C=O) groups is 3. The van der Waals surface area contributed by atoms with Gasteiger partial charge >= 0.3 is 0 Å². The lowest BCUT2D eigenvalue weighted by atomic mass is 10.1. The van der Waals surface area contributed by atoms with Crippen LogP contribution in [0, 0.1) is 0 Å². The number of thioether (sulfide) groups is 1. The van der Waals surface area contributed by atoms with Crippen molar-refractivity contribution >= 4 is 75.4 Å². The van der Waals surface area contributed by atoms with E-state index in [0.29, 0.717) is 27.0 Å². The normalized spacial score (nSPS) is 14.1. The van der Waals surface area contributed by atoms with Gasteiger partial charge in [0.2, 0.25) is 0 Å². The lowest BCUT2D eigenvalue weighted by Gasteiger charge is -2.14. The van der Waals surface area contributed by atoms with Crippen LogP contribution in [0.25, 0.3) is 6.08 Å². The van der Waals surface area contributed by atoms with Gasteiger partial charge in [-0.1, -0.05) is 59.1 Å². The van der Waals surface area contributed by atoms with Crippen LogP contribution in [0.4, 0.5) is 10.5 Å². The van der Waals surface area contributed by atoms with Crippen molar-refractivity contribution in [3.63, 3.8) is 0 Å². The molecule has 0 radical (unpaired) electrons. The third-order valence-electron chi connectivity index (χ3n) is 5.33. The number of halogens is 3. The van der Waals surface area contributed by atoms with Gasteiger partial charge in [-0.3, -0.25) is 19.3 Å². The fourth-order valence-electron chi connectivity index (χ4n) is 3.50. The maximum atomic E-state index is 12.9. The van der Waals surface area contributed by atoms with E-state index in [0.717, 1.165) is 16.7 Å². The van der Waals surface area contributed by atoms with Gasteiger partial charge < -0.3 is 19.5 Å². The van der Waals surface area contributed by atoms with Crippen molar-refractivity contribution in [2.75, 3.05) is 32.2 Å². The number of nitrogens with zero attached hydrogens (tertiary/aromatic N) is 1. The van der Waals surface area contributed by atoms with Gasteiger partial charge in [-0.15, -0.1) is 0 Å². The second-order valence-electron chi connectivity index (χ2n) is 7.96. The minimum atomic E-state index is -0.459. The Morgan fingerprint density at radius 3 is 2.38 bits per heavy atom. The quantitative estimate of drug-likeness (QED) is 0.254. The fraction of sp³-hybridized carbons (Fsp3) is 0.148. The third kappa shape index (κ3) is 7.19. The van der Waals surface area contributed by atoms with Crippen molar-refractivity contribution in [3.8, 4) is 17.2 Å². The zero-order valence-electron chi connectivity index (χ0n) is 20.4. The van der Waals surface area contributed by atoms with E-state index < -0.39 is 17.1 Å². The number of hydrogen-bond donors (Lipinski definition) is 1. The van der Waals surface area contributed by atoms with Crippen molar-refractivity contribution in [1.29, 1.82) is 0 Å². The maximum absolute atomic E-state index is 12.9. The molecule has 0 atom stereocenters. The number of methoxy groups -OCH3 is 1. The number of rotatable bonds is 10. The first-order chi connectivity index (χ1) is 18.8. The van der Waals surface area contributed by atoms with Crippen LogP contribution in [0.15, 0.2) is 65.6 Å². The molecule has 0 saturated carbocycles. The van der Waals surface area contributed by atoms with Crippen LogP contribution in [0.3, 0.4) is 0 Å². The third-order valence-corrected chi connectivity index (χ3v) is 7.16. The molecule has 0 unspecified atom stereocenters. The number of amides is 3. The second-order valence-corrected chi connectivity index (χ2v) is 10.2. The Bertz CT molecular complexity index is 1450. The summed E-state index contributed by atoms with van der Waals surface area (Å²) in [4.78, 5) is 39.0. The van der Waals surface area contributed by atoms with E-state index in [2.05, 4.69) is 5.32 Å². The first kappa shape index (κ1) is 28.6. The standard InChI is InChI=1S/C27H21Cl3N2O6S/c1-36-22-13-16(12-19(30)25(22)38-15-24(33)31-20-8-4-2-6-17(20)28)14-23-26(34)32(27(35)39-23)10-11-37-21-9-5-3-7-18(21)29/h2-9,12-14H,10-11,15H2,1H3,(H,31,33)/b23-14-. The molecule has 1 saturated heterocycles. The summed E-state index contributed by atoms with van der Waals surface area (Å²) in [6, 6.07) is 16.9. The van der Waals surface area contributed by atoms with Crippen molar-refractivity contribution in [2.24, 2.45) is 0 Å². The lowest BCUT2D eigenvalue weighted by molar-refractivity contribution is -0.123. The molecule has 0 bridgehead atoms. The molecule has 12 heteroatoms. The van der Waals surface area contributed by atoms with E-state index in [4.69, 9.17) is 49.0 Å². The molecule has 4 rings (SSSR count). The van der Waals surface area contributed by atoms with Gasteiger partial charge in [-0.25, -0.2) is 0 Å². The fourth-order valence-corrected chi connectivity index (χ4v) is 5.01. The van der Waals surface area contributed by atoms with Gasteiger partial charge in [0.15, 0.2) is 18.1 Å². The van der Waals surface area contributed by atoms with E-state index in [9.17, 15) is 14.4 Å². The lowest BCUT2D eigenvalue weighted by Crippen LogP contribution is -2.32. The van der Waals surface area contributed by atoms with Gasteiger partial charge in [-0.2, -0.15) is 0 Å². The van der Waals surface area contributed by atoms with E-state index in [1.165, 1.54) is 13.2 Å². The molecule has 0 aliphatic carbocycles. The SMILES string of the molecule is COc1cc(/C=C2\SC(=O)N(CCOc3ccccc3Cl)C2=O)cc(Cl)c1OCC(=O)Nc1ccccc1Cl. The average Bonchev–Trinajstić information content (AvgIpc) is 3.17. The molecule has 1 heterocycles. The highest BCUT2D eigenvalue weighted by atomic mass is 35.5. The number of benzene rings is 3. The molecule has 202 valence electrons. The average molecular weight is 608 g/mol. The molecule has 1 aliphatic heterocycles. The van der Waals surface area contributed by atoms with Crippen molar-refractivity contribution < 1.29 is 28.6 Å². The van der Waals surface area contributed by atoms with E-state index in [1.807, 2.05) is 0 Å². The van der Waals surface area contributed by atoms with Crippen LogP contribution in [0.2, 0.25) is 15.1 Å². The minimum absolute atomic E-state index is 0.0559. The number of para-hydroxylation sites is 2. The second kappa shape index (κ2) is 13.1. The molecule has 1 fully saturated rings. The van der Waals surface area contributed by atoms with E-state index >= 15 is 0 Å². The molecule has 8 nitrogen and oxygen atoms in total. The summed E-state index contributed by atoms with van der Waals surface area (Å²) in [5, 5.41) is 3.21. The topological polar surface area (TPSA) is 94.2 Å². The predicted molar refractivity (Wildman–Crippen MR) is 153 cm³/mol. The summed E-state index contributed by atoms with van der Waals surface area (Å²) in [7, 11) is 1.42. The van der Waals surface area contributed by atoms with E-state index in [-0.39, 0.29) is 41.2 Å². The van der Waals surface area contributed by atoms with Gasteiger partial charge in [0.25, 0.3) is 17.1 Å². The van der Waals surface area contributed by atoms with Gasteiger partial charge in [0, 0.05) is 0 Å². The molecule has 0 aromatic heterocycles. The molecular weight excluding hydrogens is 587 g/mol. The molecule has 3 aromatic rings. The monoisotopic (exact) mass is 606 g/mol. The highest BCUT2D eigenvalue weighted by Gasteiger charge is 2.35. The Morgan fingerprint density at radius 1 is 0.949 bits per heavy atom. The summed E-state index contributed by atoms with van der Waals surface area (Å²) in [5.41, 5.74) is 0.952. The summed E-state index contributed by atoms with van der Waals surface area (Å²) in [6.45, 7) is -0.207. The number of anilines is 1. The predicted octanol–water partition coefficient (Wildman–Crippen LogP) is 6.79. The molecule has 0 spiro atoms. The van der Waals surface area contributed by atoms with Crippen LogP contribution in [-0.2, 0) is 9.59 Å². The molecule has 39 heavy (non-hydrogen) atoms. The van der Waals surface area contributed by atoms with Crippen LogP contribution < -0.4 is 19.5 Å². The first-order valence-electron chi connectivity index (χ1n) is 11.4. The number of nitrogens with one attached hydrogen (secondary N) is 1. The molecule has 1 N–H and O–H groups in total. The highest BCUT2D eigenvalue weighted by Crippen LogP contribution is 2.39. The molecule has 3 amide bonds. The van der Waals surface area contributed by atoms with Gasteiger partial charge in [0.05, 0.1) is 39.3 Å². The summed E-state index contributed by atoms with van der Waals surface area (Å²) >= 11 is 19.4. The summed E-state index contributed by atoms with van der Waals surface area (Å²) in [6.07, 6.45) is 1.53. The van der Waals surface area contributed by atoms with Gasteiger partial charge in [0.1, 0.15) is 12.4 Å². The van der Waals surface area contributed by atoms with E-state index in [1.54, 1.807) is 60.7 Å². The maximum Gasteiger partial charge on any atom is 0.293 e. The minimum Gasteiger partial charge on any atom is -0.493 e. The molecule has 1 aliphatic rings. The Morgan fingerprint density at radius 2 is 1.67 bits per heavy atom. The smallest absolute Gasteiger partial charge is 0.293 e. The summed E-state index contributed by atoms with van der Waals surface area (Å²) < 4.78 is 16.6. The largest absolute Gasteiger partial charge is 0.493 e.